The topological polar surface area (TPSA) is 59.2 Å². The number of rotatable bonds is 1. The summed E-state index contributed by atoms with van der Waals surface area (Å²) in [5, 5.41) is 0.606. The van der Waals surface area contributed by atoms with E-state index < -0.39 is 0 Å². The molecular weight excluding hydrogens is 214 g/mol. The second kappa shape index (κ2) is 3.79. The van der Waals surface area contributed by atoms with Crippen molar-refractivity contribution in [3.8, 4) is 0 Å². The molecule has 1 amide bonds. The van der Waals surface area contributed by atoms with Gasteiger partial charge in [0.15, 0.2) is 0 Å². The molecule has 0 bridgehead atoms. The highest BCUT2D eigenvalue weighted by atomic mass is 35.5. The number of amides is 1. The Hall–Kier alpha value is -1.13. The molecule has 80 valence electrons. The molecule has 0 radical (unpaired) electrons. The molecule has 2 rings (SSSR count). The van der Waals surface area contributed by atoms with Crippen molar-refractivity contribution in [3.05, 3.63) is 22.8 Å². The van der Waals surface area contributed by atoms with Gasteiger partial charge in [0.05, 0.1) is 5.02 Å². The summed E-state index contributed by atoms with van der Waals surface area (Å²) in [5.74, 6) is 0.659. The number of aromatic nitrogens is 1. The van der Waals surface area contributed by atoms with Crippen LogP contribution in [0.5, 0.6) is 0 Å². The number of nitrogens with zero attached hydrogens (tertiary/aromatic N) is 2. The zero-order valence-electron chi connectivity index (χ0n) is 8.40. The van der Waals surface area contributed by atoms with Gasteiger partial charge in [0, 0.05) is 25.2 Å². The van der Waals surface area contributed by atoms with Crippen molar-refractivity contribution in [3.63, 3.8) is 0 Å². The monoisotopic (exact) mass is 225 g/mol. The molecule has 1 fully saturated rings. The fourth-order valence-electron chi connectivity index (χ4n) is 1.63. The predicted octanol–water partition coefficient (Wildman–Crippen LogP) is 1.11. The van der Waals surface area contributed by atoms with Gasteiger partial charge in [-0.25, -0.2) is 4.98 Å². The largest absolute Gasteiger partial charge is 0.326 e. The van der Waals surface area contributed by atoms with Crippen LogP contribution < -0.4 is 10.6 Å². The maximum Gasteiger partial charge on any atom is 0.229 e. The molecular formula is C10H12ClN3O. The number of aryl methyl sites for hydroxylation is 1. The average molecular weight is 226 g/mol. The second-order valence-electron chi connectivity index (χ2n) is 3.76. The van der Waals surface area contributed by atoms with Crippen LogP contribution >= 0.6 is 11.6 Å². The normalized spacial score (nSPS) is 21.1. The zero-order valence-corrected chi connectivity index (χ0v) is 9.16. The van der Waals surface area contributed by atoms with E-state index in [1.807, 2.05) is 6.92 Å². The highest BCUT2D eigenvalue weighted by Crippen LogP contribution is 2.22. The van der Waals surface area contributed by atoms with Crippen molar-refractivity contribution in [1.82, 2.24) is 4.98 Å². The second-order valence-corrected chi connectivity index (χ2v) is 4.17. The van der Waals surface area contributed by atoms with Gasteiger partial charge in [0.1, 0.15) is 5.82 Å². The van der Waals surface area contributed by atoms with Crippen molar-refractivity contribution in [1.29, 1.82) is 0 Å². The minimum atomic E-state index is -0.0877. The van der Waals surface area contributed by atoms with E-state index in [0.29, 0.717) is 23.8 Å². The van der Waals surface area contributed by atoms with Gasteiger partial charge in [-0.1, -0.05) is 11.6 Å². The fourth-order valence-corrected chi connectivity index (χ4v) is 1.73. The number of halogens is 1. The smallest absolute Gasteiger partial charge is 0.229 e. The number of carbonyl (C=O) groups excluding carboxylic acids is 1. The number of hydrogen-bond donors (Lipinski definition) is 1. The molecule has 2 heterocycles. The Morgan fingerprint density at radius 2 is 2.40 bits per heavy atom. The van der Waals surface area contributed by atoms with Crippen molar-refractivity contribution >= 4 is 23.3 Å². The van der Waals surface area contributed by atoms with Gasteiger partial charge in [0.25, 0.3) is 0 Å². The Labute approximate surface area is 93.0 Å². The Morgan fingerprint density at radius 3 is 2.93 bits per heavy atom. The molecule has 15 heavy (non-hydrogen) atoms. The molecule has 0 aliphatic carbocycles. The van der Waals surface area contributed by atoms with E-state index in [4.69, 9.17) is 17.3 Å². The lowest BCUT2D eigenvalue weighted by Gasteiger charge is -2.15. The van der Waals surface area contributed by atoms with Crippen LogP contribution in [0.4, 0.5) is 5.82 Å². The van der Waals surface area contributed by atoms with Crippen molar-refractivity contribution in [2.24, 2.45) is 5.73 Å². The van der Waals surface area contributed by atoms with Crippen LogP contribution in [-0.2, 0) is 4.79 Å². The third kappa shape index (κ3) is 1.96. The number of anilines is 1. The Bertz CT molecular complexity index is 408. The van der Waals surface area contributed by atoms with Gasteiger partial charge in [-0.3, -0.25) is 9.69 Å². The third-order valence-electron chi connectivity index (χ3n) is 2.46. The molecule has 1 atom stereocenters. The summed E-state index contributed by atoms with van der Waals surface area (Å²) in [6.45, 7) is 2.42. The number of hydrogen-bond acceptors (Lipinski definition) is 3. The summed E-state index contributed by atoms with van der Waals surface area (Å²) >= 11 is 5.86. The van der Waals surface area contributed by atoms with E-state index in [-0.39, 0.29) is 11.9 Å². The van der Waals surface area contributed by atoms with Gasteiger partial charge in [-0.2, -0.15) is 0 Å². The number of nitrogens with two attached hydrogens (primary N) is 1. The lowest BCUT2D eigenvalue weighted by Crippen LogP contribution is -2.28. The van der Waals surface area contributed by atoms with Crippen LogP contribution in [0.25, 0.3) is 0 Å². The molecule has 4 nitrogen and oxygen atoms in total. The maximum atomic E-state index is 11.6. The minimum Gasteiger partial charge on any atom is -0.326 e. The molecule has 1 aliphatic rings. The summed E-state index contributed by atoms with van der Waals surface area (Å²) in [6, 6.07) is 1.72. The highest BCUT2D eigenvalue weighted by Gasteiger charge is 2.28. The highest BCUT2D eigenvalue weighted by molar-refractivity contribution is 6.31. The number of carbonyl (C=O) groups is 1. The van der Waals surface area contributed by atoms with Gasteiger partial charge in [-0.05, 0) is 18.6 Å². The lowest BCUT2D eigenvalue weighted by atomic mass is 10.3. The van der Waals surface area contributed by atoms with Crippen LogP contribution in [0, 0.1) is 6.92 Å². The van der Waals surface area contributed by atoms with Gasteiger partial charge in [-0.15, -0.1) is 0 Å². The van der Waals surface area contributed by atoms with E-state index in [0.717, 1.165) is 5.56 Å². The summed E-state index contributed by atoms with van der Waals surface area (Å²) < 4.78 is 0. The third-order valence-corrected chi connectivity index (χ3v) is 2.86. The SMILES string of the molecule is Cc1cc(N2CC(N)CC2=O)ncc1Cl. The van der Waals surface area contributed by atoms with E-state index in [1.54, 1.807) is 17.2 Å². The van der Waals surface area contributed by atoms with Gasteiger partial charge >= 0.3 is 0 Å². The van der Waals surface area contributed by atoms with Crippen LogP contribution in [-0.4, -0.2) is 23.5 Å². The zero-order chi connectivity index (χ0) is 11.0. The first-order chi connectivity index (χ1) is 7.08. The Kier molecular flexibility index (Phi) is 2.63. The van der Waals surface area contributed by atoms with Gasteiger partial charge in [0.2, 0.25) is 5.91 Å². The molecule has 2 N–H and O–H groups in total. The molecule has 5 heteroatoms. The van der Waals surface area contributed by atoms with Crippen molar-refractivity contribution < 1.29 is 4.79 Å². The van der Waals surface area contributed by atoms with E-state index in [2.05, 4.69) is 4.98 Å². The first-order valence-electron chi connectivity index (χ1n) is 4.76. The van der Waals surface area contributed by atoms with Crippen molar-refractivity contribution in [2.75, 3.05) is 11.4 Å². The molecule has 1 aliphatic heterocycles. The molecule has 0 saturated carbocycles. The van der Waals surface area contributed by atoms with Crippen LogP contribution in [0.1, 0.15) is 12.0 Å². The molecule has 1 aromatic heterocycles. The summed E-state index contributed by atoms with van der Waals surface area (Å²) in [5.41, 5.74) is 6.62. The number of pyridine rings is 1. The molecule has 0 spiro atoms. The van der Waals surface area contributed by atoms with Crippen LogP contribution in [0.3, 0.4) is 0 Å². The van der Waals surface area contributed by atoms with E-state index in [9.17, 15) is 4.79 Å². The standard InChI is InChI=1S/C10H12ClN3O/c1-6-2-9(13-4-8(6)11)14-5-7(12)3-10(14)15/h2,4,7H,3,5,12H2,1H3. The summed E-state index contributed by atoms with van der Waals surface area (Å²) in [4.78, 5) is 17.3. The molecule has 1 aromatic rings. The summed E-state index contributed by atoms with van der Waals surface area (Å²) in [6.07, 6.45) is 1.95. The first kappa shape index (κ1) is 10.4. The molecule has 1 unspecified atom stereocenters. The van der Waals surface area contributed by atoms with Crippen LogP contribution in [0.15, 0.2) is 12.3 Å². The summed E-state index contributed by atoms with van der Waals surface area (Å²) in [7, 11) is 0. The quantitative estimate of drug-likeness (QED) is 0.779. The maximum absolute atomic E-state index is 11.6. The average Bonchev–Trinajstić information content (AvgIpc) is 2.50. The predicted molar refractivity (Wildman–Crippen MR) is 58.9 cm³/mol. The fraction of sp³-hybridized carbons (Fsp3) is 0.400. The Balaban J connectivity index is 2.30. The lowest BCUT2D eigenvalue weighted by molar-refractivity contribution is -0.117. The van der Waals surface area contributed by atoms with Crippen molar-refractivity contribution in [2.45, 2.75) is 19.4 Å². The van der Waals surface area contributed by atoms with E-state index in [1.165, 1.54) is 0 Å². The van der Waals surface area contributed by atoms with Gasteiger partial charge < -0.3 is 5.73 Å². The van der Waals surface area contributed by atoms with Crippen LogP contribution in [0.2, 0.25) is 5.02 Å². The molecule has 0 aromatic carbocycles. The Morgan fingerprint density at radius 1 is 1.67 bits per heavy atom. The first-order valence-corrected chi connectivity index (χ1v) is 5.14. The molecule has 1 saturated heterocycles. The minimum absolute atomic E-state index is 0.0247. The van der Waals surface area contributed by atoms with E-state index >= 15 is 0 Å².